The molecule has 1 aromatic heterocycles. The summed E-state index contributed by atoms with van der Waals surface area (Å²) < 4.78 is 18.5. The first-order valence-corrected chi connectivity index (χ1v) is 5.68. The van der Waals surface area contributed by atoms with Crippen molar-refractivity contribution < 1.29 is 13.6 Å². The van der Waals surface area contributed by atoms with Crippen molar-refractivity contribution in [3.8, 4) is 0 Å². The predicted molar refractivity (Wildman–Crippen MR) is 66.2 cm³/mol. The molecule has 0 spiro atoms. The molecule has 2 rings (SSSR count). The third-order valence-electron chi connectivity index (χ3n) is 2.12. The summed E-state index contributed by atoms with van der Waals surface area (Å²) in [6.07, 6.45) is 2.95. The van der Waals surface area contributed by atoms with Crippen LogP contribution in [-0.4, -0.2) is 5.78 Å². The summed E-state index contributed by atoms with van der Waals surface area (Å²) >= 11 is 3.16. The van der Waals surface area contributed by atoms with E-state index in [0.717, 1.165) is 0 Å². The normalized spacial score (nSPS) is 10.9. The fourth-order valence-electron chi connectivity index (χ4n) is 1.29. The van der Waals surface area contributed by atoms with E-state index in [2.05, 4.69) is 15.9 Å². The minimum atomic E-state index is -0.361. The summed E-state index contributed by atoms with van der Waals surface area (Å²) in [5, 5.41) is 0. The molecule has 17 heavy (non-hydrogen) atoms. The Labute approximate surface area is 106 Å². The number of rotatable bonds is 3. The molecular formula is C13H8BrFO2. The lowest BCUT2D eigenvalue weighted by Gasteiger charge is -1.94. The van der Waals surface area contributed by atoms with Crippen LogP contribution in [0.3, 0.4) is 0 Å². The van der Waals surface area contributed by atoms with Crippen molar-refractivity contribution >= 4 is 27.8 Å². The fraction of sp³-hybridized carbons (Fsp3) is 0. The van der Waals surface area contributed by atoms with Gasteiger partial charge in [0.25, 0.3) is 0 Å². The largest absolute Gasteiger partial charge is 0.450 e. The van der Waals surface area contributed by atoms with Crippen LogP contribution < -0.4 is 0 Å². The van der Waals surface area contributed by atoms with Crippen molar-refractivity contribution in [1.29, 1.82) is 0 Å². The molecular weight excluding hydrogens is 287 g/mol. The molecule has 2 nitrogen and oxygen atoms in total. The van der Waals surface area contributed by atoms with E-state index in [1.807, 2.05) is 0 Å². The molecule has 2 aromatic rings. The first-order valence-electron chi connectivity index (χ1n) is 4.88. The third-order valence-corrected chi connectivity index (χ3v) is 2.55. The number of furan rings is 1. The number of allylic oxidation sites excluding steroid dienone is 1. The van der Waals surface area contributed by atoms with Gasteiger partial charge in [-0.3, -0.25) is 4.79 Å². The lowest BCUT2D eigenvalue weighted by atomic mass is 10.1. The second kappa shape index (κ2) is 5.10. The van der Waals surface area contributed by atoms with Gasteiger partial charge in [-0.2, -0.15) is 0 Å². The molecule has 4 heteroatoms. The molecule has 0 saturated heterocycles. The van der Waals surface area contributed by atoms with Gasteiger partial charge in [-0.15, -0.1) is 0 Å². The van der Waals surface area contributed by atoms with Crippen LogP contribution in [0.5, 0.6) is 0 Å². The van der Waals surface area contributed by atoms with Crippen LogP contribution in [0.15, 0.2) is 51.6 Å². The maximum atomic E-state index is 12.7. The molecule has 86 valence electrons. The Balaban J connectivity index is 2.11. The second-order valence-electron chi connectivity index (χ2n) is 3.35. The number of carbonyl (C=O) groups is 1. The lowest BCUT2D eigenvalue weighted by molar-refractivity contribution is 0.104. The van der Waals surface area contributed by atoms with Crippen molar-refractivity contribution in [2.24, 2.45) is 0 Å². The van der Waals surface area contributed by atoms with E-state index in [9.17, 15) is 9.18 Å². The SMILES string of the molecule is O=C(/C=C/c1ccc(Br)o1)c1ccc(F)cc1. The summed E-state index contributed by atoms with van der Waals surface area (Å²) in [7, 11) is 0. The van der Waals surface area contributed by atoms with E-state index < -0.39 is 0 Å². The highest BCUT2D eigenvalue weighted by molar-refractivity contribution is 9.10. The van der Waals surface area contributed by atoms with Gasteiger partial charge in [0.15, 0.2) is 10.5 Å². The Morgan fingerprint density at radius 2 is 1.88 bits per heavy atom. The molecule has 0 unspecified atom stereocenters. The maximum Gasteiger partial charge on any atom is 0.185 e. The predicted octanol–water partition coefficient (Wildman–Crippen LogP) is 4.08. The number of benzene rings is 1. The monoisotopic (exact) mass is 294 g/mol. The quantitative estimate of drug-likeness (QED) is 0.631. The van der Waals surface area contributed by atoms with E-state index in [0.29, 0.717) is 16.0 Å². The van der Waals surface area contributed by atoms with Gasteiger partial charge in [0.1, 0.15) is 11.6 Å². The molecule has 1 aromatic carbocycles. The highest BCUT2D eigenvalue weighted by atomic mass is 79.9. The molecule has 1 heterocycles. The number of halogens is 2. The average molecular weight is 295 g/mol. The molecule has 0 aliphatic heterocycles. The van der Waals surface area contributed by atoms with E-state index in [1.54, 1.807) is 18.2 Å². The van der Waals surface area contributed by atoms with Gasteiger partial charge in [-0.25, -0.2) is 4.39 Å². The van der Waals surface area contributed by atoms with E-state index >= 15 is 0 Å². The molecule has 0 fully saturated rings. The average Bonchev–Trinajstić information content (AvgIpc) is 2.73. The standard InChI is InChI=1S/C13H8BrFO2/c14-13-8-6-11(17-13)5-7-12(16)9-1-3-10(15)4-2-9/h1-8H/b7-5+. The van der Waals surface area contributed by atoms with Crippen LogP contribution in [0, 0.1) is 5.82 Å². The van der Waals surface area contributed by atoms with Crippen LogP contribution in [-0.2, 0) is 0 Å². The van der Waals surface area contributed by atoms with E-state index in [1.165, 1.54) is 30.3 Å². The van der Waals surface area contributed by atoms with Crippen LogP contribution in [0.2, 0.25) is 0 Å². The van der Waals surface area contributed by atoms with Crippen molar-refractivity contribution in [1.82, 2.24) is 0 Å². The van der Waals surface area contributed by atoms with Gasteiger partial charge >= 0.3 is 0 Å². The van der Waals surface area contributed by atoms with Gasteiger partial charge in [-0.05, 0) is 64.5 Å². The maximum absolute atomic E-state index is 12.7. The summed E-state index contributed by atoms with van der Waals surface area (Å²) in [4.78, 5) is 11.7. The highest BCUT2D eigenvalue weighted by Gasteiger charge is 2.02. The Morgan fingerprint density at radius 1 is 1.18 bits per heavy atom. The molecule has 0 aliphatic carbocycles. The Morgan fingerprint density at radius 3 is 2.47 bits per heavy atom. The zero-order valence-electron chi connectivity index (χ0n) is 8.69. The van der Waals surface area contributed by atoms with Crippen LogP contribution in [0.25, 0.3) is 6.08 Å². The van der Waals surface area contributed by atoms with Gasteiger partial charge < -0.3 is 4.42 Å². The second-order valence-corrected chi connectivity index (χ2v) is 4.13. The highest BCUT2D eigenvalue weighted by Crippen LogP contribution is 2.15. The molecule has 0 radical (unpaired) electrons. The molecule has 0 atom stereocenters. The topological polar surface area (TPSA) is 30.2 Å². The summed E-state index contributed by atoms with van der Waals surface area (Å²) in [6, 6.07) is 8.87. The zero-order valence-corrected chi connectivity index (χ0v) is 10.3. The number of hydrogen-bond acceptors (Lipinski definition) is 2. The van der Waals surface area contributed by atoms with E-state index in [4.69, 9.17) is 4.42 Å². The van der Waals surface area contributed by atoms with Crippen molar-refractivity contribution in [2.45, 2.75) is 0 Å². The minimum absolute atomic E-state index is 0.197. The third kappa shape index (κ3) is 3.14. The number of hydrogen-bond donors (Lipinski definition) is 0. The van der Waals surface area contributed by atoms with Crippen molar-refractivity contribution in [2.75, 3.05) is 0 Å². The molecule has 0 amide bonds. The van der Waals surface area contributed by atoms with Crippen LogP contribution >= 0.6 is 15.9 Å². The summed E-state index contributed by atoms with van der Waals surface area (Å²) in [5.74, 6) is 0.0188. The lowest BCUT2D eigenvalue weighted by Crippen LogP contribution is -1.93. The molecule has 0 saturated carbocycles. The molecule has 0 N–H and O–H groups in total. The molecule has 0 aliphatic rings. The molecule has 0 bridgehead atoms. The first-order chi connectivity index (χ1) is 8.15. The summed E-state index contributed by atoms with van der Waals surface area (Å²) in [6.45, 7) is 0. The number of carbonyl (C=O) groups excluding carboxylic acids is 1. The Hall–Kier alpha value is -1.68. The smallest absolute Gasteiger partial charge is 0.185 e. The zero-order chi connectivity index (χ0) is 12.3. The number of ketones is 1. The van der Waals surface area contributed by atoms with Crippen molar-refractivity contribution in [3.05, 3.63) is 64.3 Å². The first kappa shape index (κ1) is 11.8. The minimum Gasteiger partial charge on any atom is -0.450 e. The Kier molecular flexibility index (Phi) is 3.54. The summed E-state index contributed by atoms with van der Waals surface area (Å²) in [5.41, 5.74) is 0.438. The van der Waals surface area contributed by atoms with Gasteiger partial charge in [-0.1, -0.05) is 0 Å². The van der Waals surface area contributed by atoms with Gasteiger partial charge in [0, 0.05) is 5.56 Å². The Bertz CT molecular complexity index is 555. The van der Waals surface area contributed by atoms with Gasteiger partial charge in [0.05, 0.1) is 0 Å². The fourth-order valence-corrected chi connectivity index (χ4v) is 1.61. The van der Waals surface area contributed by atoms with Crippen LogP contribution in [0.1, 0.15) is 16.1 Å². The van der Waals surface area contributed by atoms with Crippen LogP contribution in [0.4, 0.5) is 4.39 Å². The van der Waals surface area contributed by atoms with E-state index in [-0.39, 0.29) is 11.6 Å². The van der Waals surface area contributed by atoms with Gasteiger partial charge in [0.2, 0.25) is 0 Å². The van der Waals surface area contributed by atoms with Crippen molar-refractivity contribution in [3.63, 3.8) is 0 Å².